The normalized spacial score (nSPS) is 12.4. The first-order valence-corrected chi connectivity index (χ1v) is 6.13. The van der Waals surface area contributed by atoms with Gasteiger partial charge in [0.25, 0.3) is 0 Å². The molecule has 3 heteroatoms. The fourth-order valence-electron chi connectivity index (χ4n) is 1.97. The third-order valence-electron chi connectivity index (χ3n) is 2.89. The molecule has 0 atom stereocenters. The van der Waals surface area contributed by atoms with Crippen LogP contribution in [-0.2, 0) is 5.41 Å². The van der Waals surface area contributed by atoms with Crippen molar-refractivity contribution in [3.63, 3.8) is 0 Å². The maximum atomic E-state index is 5.36. The molecule has 0 aliphatic rings. The fraction of sp³-hybridized carbons (Fsp3) is 0.750. The van der Waals surface area contributed by atoms with Crippen LogP contribution < -0.4 is 0 Å². The first-order chi connectivity index (χ1) is 6.91. The largest absolute Gasteiger partial charge is 0.337 e. The topological polar surface area (TPSA) is 20.7 Å². The lowest BCUT2D eigenvalue weighted by molar-refractivity contribution is 0.417. The van der Waals surface area contributed by atoms with Crippen LogP contribution in [0.3, 0.4) is 0 Å². The van der Waals surface area contributed by atoms with Gasteiger partial charge < -0.3 is 9.55 Å². The van der Waals surface area contributed by atoms with E-state index < -0.39 is 0 Å². The average molecular weight is 226 g/mol. The SMILES string of the molecule is CCC(CC)n1c(C(C)(C)C)c[nH]c1=S. The Bertz CT molecular complexity index is 364. The molecule has 0 radical (unpaired) electrons. The Hall–Kier alpha value is -0.570. The minimum absolute atomic E-state index is 0.149. The van der Waals surface area contributed by atoms with Crippen molar-refractivity contribution in [2.45, 2.75) is 58.9 Å². The number of hydrogen-bond acceptors (Lipinski definition) is 1. The van der Waals surface area contributed by atoms with Crippen molar-refractivity contribution in [1.29, 1.82) is 0 Å². The summed E-state index contributed by atoms with van der Waals surface area (Å²) in [5.41, 5.74) is 1.46. The molecule has 15 heavy (non-hydrogen) atoms. The van der Waals surface area contributed by atoms with Crippen LogP contribution in [0.5, 0.6) is 0 Å². The third-order valence-corrected chi connectivity index (χ3v) is 3.20. The Morgan fingerprint density at radius 2 is 1.87 bits per heavy atom. The Morgan fingerprint density at radius 1 is 1.33 bits per heavy atom. The molecule has 0 fully saturated rings. The van der Waals surface area contributed by atoms with Crippen LogP contribution in [0.4, 0.5) is 0 Å². The quantitative estimate of drug-likeness (QED) is 0.766. The van der Waals surface area contributed by atoms with E-state index in [9.17, 15) is 0 Å². The van der Waals surface area contributed by atoms with Crippen molar-refractivity contribution in [1.82, 2.24) is 9.55 Å². The molecule has 0 spiro atoms. The molecular formula is C12H22N2S. The smallest absolute Gasteiger partial charge is 0.177 e. The average Bonchev–Trinajstić information content (AvgIpc) is 2.50. The standard InChI is InChI=1S/C12H22N2S/c1-6-9(7-2)14-10(12(3,4)5)8-13-11(14)15/h8-9H,6-7H2,1-5H3,(H,13,15). The second-order valence-electron chi connectivity index (χ2n) is 5.07. The van der Waals surface area contributed by atoms with Gasteiger partial charge in [0, 0.05) is 23.3 Å². The fourth-order valence-corrected chi connectivity index (χ4v) is 2.28. The third kappa shape index (κ3) is 2.51. The zero-order valence-corrected chi connectivity index (χ0v) is 11.2. The number of hydrogen-bond donors (Lipinski definition) is 1. The molecule has 2 nitrogen and oxygen atoms in total. The zero-order valence-electron chi connectivity index (χ0n) is 10.4. The molecule has 86 valence electrons. The number of nitrogens with zero attached hydrogens (tertiary/aromatic N) is 1. The molecule has 0 aromatic carbocycles. The number of nitrogens with one attached hydrogen (secondary N) is 1. The zero-order chi connectivity index (χ0) is 11.6. The van der Waals surface area contributed by atoms with Gasteiger partial charge in [0.1, 0.15) is 0 Å². The summed E-state index contributed by atoms with van der Waals surface area (Å²) in [5.74, 6) is 0. The van der Waals surface area contributed by atoms with E-state index in [1.165, 1.54) is 5.69 Å². The van der Waals surface area contributed by atoms with Crippen LogP contribution in [0.15, 0.2) is 6.20 Å². The predicted octanol–water partition coefficient (Wildman–Crippen LogP) is 4.20. The summed E-state index contributed by atoms with van der Waals surface area (Å²) in [5, 5.41) is 0. The van der Waals surface area contributed by atoms with Crippen molar-refractivity contribution in [2.24, 2.45) is 0 Å². The van der Waals surface area contributed by atoms with Crippen molar-refractivity contribution in [3.05, 3.63) is 16.7 Å². The summed E-state index contributed by atoms with van der Waals surface area (Å²) in [6, 6.07) is 0.526. The predicted molar refractivity (Wildman–Crippen MR) is 67.9 cm³/mol. The molecule has 0 amide bonds. The van der Waals surface area contributed by atoms with E-state index in [4.69, 9.17) is 12.2 Å². The molecular weight excluding hydrogens is 204 g/mol. The molecule has 0 bridgehead atoms. The van der Waals surface area contributed by atoms with E-state index >= 15 is 0 Å². The number of H-pyrrole nitrogens is 1. The van der Waals surface area contributed by atoms with Crippen LogP contribution in [-0.4, -0.2) is 9.55 Å². The highest BCUT2D eigenvalue weighted by Gasteiger charge is 2.22. The summed E-state index contributed by atoms with van der Waals surface area (Å²) in [6.07, 6.45) is 4.32. The van der Waals surface area contributed by atoms with Crippen LogP contribution in [0, 0.1) is 4.77 Å². The van der Waals surface area contributed by atoms with Crippen LogP contribution in [0.2, 0.25) is 0 Å². The monoisotopic (exact) mass is 226 g/mol. The Labute approximate surface area is 97.7 Å². The summed E-state index contributed by atoms with van der Waals surface area (Å²) < 4.78 is 3.14. The minimum Gasteiger partial charge on any atom is -0.337 e. The summed E-state index contributed by atoms with van der Waals surface area (Å²) in [4.78, 5) is 3.17. The molecule has 1 N–H and O–H groups in total. The van der Waals surface area contributed by atoms with Gasteiger partial charge in [-0.05, 0) is 25.1 Å². The molecule has 0 aliphatic carbocycles. The van der Waals surface area contributed by atoms with Gasteiger partial charge in [-0.2, -0.15) is 0 Å². The highest BCUT2D eigenvalue weighted by atomic mass is 32.1. The highest BCUT2D eigenvalue weighted by Crippen LogP contribution is 2.27. The number of aromatic amines is 1. The van der Waals surface area contributed by atoms with Crippen LogP contribution >= 0.6 is 12.2 Å². The van der Waals surface area contributed by atoms with E-state index in [-0.39, 0.29) is 5.41 Å². The summed E-state index contributed by atoms with van der Waals surface area (Å²) in [7, 11) is 0. The molecule has 1 aromatic heterocycles. The van der Waals surface area contributed by atoms with Gasteiger partial charge in [0.15, 0.2) is 4.77 Å². The Kier molecular flexibility index (Phi) is 3.77. The van der Waals surface area contributed by atoms with E-state index in [1.807, 2.05) is 0 Å². The van der Waals surface area contributed by atoms with E-state index in [0.717, 1.165) is 17.6 Å². The molecule has 0 unspecified atom stereocenters. The van der Waals surface area contributed by atoms with Gasteiger partial charge >= 0.3 is 0 Å². The lowest BCUT2D eigenvalue weighted by Gasteiger charge is -2.25. The first kappa shape index (κ1) is 12.5. The lowest BCUT2D eigenvalue weighted by atomic mass is 9.92. The minimum atomic E-state index is 0.149. The van der Waals surface area contributed by atoms with Gasteiger partial charge in [-0.25, -0.2) is 0 Å². The van der Waals surface area contributed by atoms with Gasteiger partial charge in [-0.15, -0.1) is 0 Å². The summed E-state index contributed by atoms with van der Waals surface area (Å²) >= 11 is 5.36. The maximum Gasteiger partial charge on any atom is 0.177 e. The molecule has 0 saturated carbocycles. The van der Waals surface area contributed by atoms with Crippen molar-refractivity contribution < 1.29 is 0 Å². The Morgan fingerprint density at radius 3 is 2.27 bits per heavy atom. The van der Waals surface area contributed by atoms with Gasteiger partial charge in [0.2, 0.25) is 0 Å². The van der Waals surface area contributed by atoms with Gasteiger partial charge in [0.05, 0.1) is 0 Å². The van der Waals surface area contributed by atoms with Crippen molar-refractivity contribution in [2.75, 3.05) is 0 Å². The number of aromatic nitrogens is 2. The van der Waals surface area contributed by atoms with Crippen LogP contribution in [0.1, 0.15) is 59.2 Å². The lowest BCUT2D eigenvalue weighted by Crippen LogP contribution is -2.20. The van der Waals surface area contributed by atoms with E-state index in [1.54, 1.807) is 0 Å². The van der Waals surface area contributed by atoms with E-state index in [2.05, 4.69) is 50.4 Å². The highest BCUT2D eigenvalue weighted by molar-refractivity contribution is 7.71. The molecule has 0 aliphatic heterocycles. The summed E-state index contributed by atoms with van der Waals surface area (Å²) in [6.45, 7) is 11.1. The number of rotatable bonds is 3. The second kappa shape index (κ2) is 4.52. The van der Waals surface area contributed by atoms with Gasteiger partial charge in [-0.3, -0.25) is 0 Å². The van der Waals surface area contributed by atoms with Gasteiger partial charge in [-0.1, -0.05) is 34.6 Å². The molecule has 0 saturated heterocycles. The molecule has 1 aromatic rings. The van der Waals surface area contributed by atoms with E-state index in [0.29, 0.717) is 6.04 Å². The van der Waals surface area contributed by atoms with Crippen molar-refractivity contribution in [3.8, 4) is 0 Å². The molecule has 1 rings (SSSR count). The second-order valence-corrected chi connectivity index (χ2v) is 5.46. The maximum absolute atomic E-state index is 5.36. The van der Waals surface area contributed by atoms with Crippen molar-refractivity contribution >= 4 is 12.2 Å². The Balaban J connectivity index is 3.27. The molecule has 1 heterocycles. The number of imidazole rings is 1. The first-order valence-electron chi connectivity index (χ1n) is 5.72. The van der Waals surface area contributed by atoms with Crippen LogP contribution in [0.25, 0.3) is 0 Å².